The third-order valence-corrected chi connectivity index (χ3v) is 4.45. The predicted molar refractivity (Wildman–Crippen MR) is 92.7 cm³/mol. The van der Waals surface area contributed by atoms with Crippen LogP contribution in [0.5, 0.6) is 5.75 Å². The van der Waals surface area contributed by atoms with E-state index >= 15 is 0 Å². The van der Waals surface area contributed by atoms with Gasteiger partial charge in [0.2, 0.25) is 5.91 Å². The number of likely N-dealkylation sites (N-methyl/N-ethyl adjacent to an activating group) is 1. The Morgan fingerprint density at radius 1 is 1.22 bits per heavy atom. The second kappa shape index (κ2) is 8.89. The van der Waals surface area contributed by atoms with Gasteiger partial charge in [-0.3, -0.25) is 9.69 Å². The summed E-state index contributed by atoms with van der Waals surface area (Å²) in [5.41, 5.74) is 1.23. The quantitative estimate of drug-likeness (QED) is 0.834. The first-order valence-corrected chi connectivity index (χ1v) is 8.47. The van der Waals surface area contributed by atoms with Gasteiger partial charge in [-0.1, -0.05) is 19.1 Å². The molecule has 0 radical (unpaired) electrons. The van der Waals surface area contributed by atoms with Crippen molar-refractivity contribution in [2.24, 2.45) is 0 Å². The molecule has 5 heteroatoms. The summed E-state index contributed by atoms with van der Waals surface area (Å²) in [4.78, 5) is 16.7. The standard InChI is InChI=1S/C18H29N3O2/c1-4-5-18(22)19-14-17(21-12-10-20(2)11-13-21)15-6-8-16(23-3)9-7-15/h6-9,17H,4-5,10-14H2,1-3H3,(H,19,22). The van der Waals surface area contributed by atoms with Crippen molar-refractivity contribution in [3.05, 3.63) is 29.8 Å². The summed E-state index contributed by atoms with van der Waals surface area (Å²) in [5.74, 6) is 1.00. The van der Waals surface area contributed by atoms with E-state index in [1.54, 1.807) is 7.11 Å². The van der Waals surface area contributed by atoms with E-state index in [9.17, 15) is 4.79 Å². The fourth-order valence-electron chi connectivity index (χ4n) is 2.94. The molecule has 0 aromatic heterocycles. The molecule has 0 bridgehead atoms. The molecule has 1 amide bonds. The van der Waals surface area contributed by atoms with Crippen molar-refractivity contribution in [2.75, 3.05) is 46.9 Å². The lowest BCUT2D eigenvalue weighted by atomic mass is 10.0. The molecule has 0 spiro atoms. The number of methoxy groups -OCH3 is 1. The first-order valence-electron chi connectivity index (χ1n) is 8.47. The number of piperazine rings is 1. The van der Waals surface area contributed by atoms with E-state index in [1.807, 2.05) is 19.1 Å². The van der Waals surface area contributed by atoms with Gasteiger partial charge >= 0.3 is 0 Å². The maximum atomic E-state index is 11.9. The number of benzene rings is 1. The Kier molecular flexibility index (Phi) is 6.86. The van der Waals surface area contributed by atoms with Gasteiger partial charge in [-0.05, 0) is 31.2 Å². The maximum absolute atomic E-state index is 11.9. The molecule has 0 aliphatic carbocycles. The number of hydrogen-bond donors (Lipinski definition) is 1. The number of nitrogens with zero attached hydrogens (tertiary/aromatic N) is 2. The molecule has 1 aromatic rings. The number of carbonyl (C=O) groups excluding carboxylic acids is 1. The van der Waals surface area contributed by atoms with Crippen molar-refractivity contribution in [3.63, 3.8) is 0 Å². The number of nitrogens with one attached hydrogen (secondary N) is 1. The van der Waals surface area contributed by atoms with Crippen molar-refractivity contribution >= 4 is 5.91 Å². The highest BCUT2D eigenvalue weighted by atomic mass is 16.5. The Bertz CT molecular complexity index is 482. The summed E-state index contributed by atoms with van der Waals surface area (Å²) in [6.07, 6.45) is 1.48. The van der Waals surface area contributed by atoms with Crippen LogP contribution >= 0.6 is 0 Å². The number of carbonyl (C=O) groups is 1. The normalized spacial score (nSPS) is 17.7. The lowest BCUT2D eigenvalue weighted by molar-refractivity contribution is -0.121. The van der Waals surface area contributed by atoms with E-state index in [0.29, 0.717) is 13.0 Å². The zero-order valence-corrected chi connectivity index (χ0v) is 14.5. The molecule has 1 saturated heterocycles. The summed E-state index contributed by atoms with van der Waals surface area (Å²) < 4.78 is 5.25. The molecule has 1 fully saturated rings. The Labute approximate surface area is 139 Å². The summed E-state index contributed by atoms with van der Waals surface area (Å²) in [7, 11) is 3.83. The van der Waals surface area contributed by atoms with Crippen LogP contribution in [0.2, 0.25) is 0 Å². The zero-order chi connectivity index (χ0) is 16.7. The molecule has 1 aromatic carbocycles. The van der Waals surface area contributed by atoms with Crippen LogP contribution in [0.15, 0.2) is 24.3 Å². The molecule has 128 valence electrons. The third kappa shape index (κ3) is 5.22. The molecule has 2 rings (SSSR count). The Morgan fingerprint density at radius 2 is 1.87 bits per heavy atom. The molecule has 5 nitrogen and oxygen atoms in total. The van der Waals surface area contributed by atoms with E-state index in [-0.39, 0.29) is 11.9 Å². The van der Waals surface area contributed by atoms with Crippen LogP contribution in [0.1, 0.15) is 31.4 Å². The smallest absolute Gasteiger partial charge is 0.220 e. The maximum Gasteiger partial charge on any atom is 0.220 e. The molecule has 1 unspecified atom stereocenters. The molecule has 0 saturated carbocycles. The van der Waals surface area contributed by atoms with Crippen LogP contribution < -0.4 is 10.1 Å². The first kappa shape index (κ1) is 17.8. The summed E-state index contributed by atoms with van der Waals surface area (Å²) in [6, 6.07) is 8.41. The van der Waals surface area contributed by atoms with E-state index in [2.05, 4.69) is 34.3 Å². The molecule has 1 N–H and O–H groups in total. The molecule has 1 atom stereocenters. The van der Waals surface area contributed by atoms with Crippen LogP contribution in [0.25, 0.3) is 0 Å². The van der Waals surface area contributed by atoms with E-state index < -0.39 is 0 Å². The molecule has 1 heterocycles. The highest BCUT2D eigenvalue weighted by Gasteiger charge is 2.24. The Balaban J connectivity index is 2.07. The topological polar surface area (TPSA) is 44.8 Å². The lowest BCUT2D eigenvalue weighted by Crippen LogP contribution is -2.48. The van der Waals surface area contributed by atoms with Gasteiger partial charge in [0, 0.05) is 39.1 Å². The van der Waals surface area contributed by atoms with Crippen molar-refractivity contribution in [3.8, 4) is 5.75 Å². The van der Waals surface area contributed by atoms with Crippen molar-refractivity contribution in [1.82, 2.24) is 15.1 Å². The van der Waals surface area contributed by atoms with Crippen molar-refractivity contribution in [2.45, 2.75) is 25.8 Å². The van der Waals surface area contributed by atoms with E-state index in [4.69, 9.17) is 4.74 Å². The molecular formula is C18H29N3O2. The van der Waals surface area contributed by atoms with Gasteiger partial charge in [0.05, 0.1) is 13.2 Å². The van der Waals surface area contributed by atoms with Crippen molar-refractivity contribution in [1.29, 1.82) is 0 Å². The number of ether oxygens (including phenoxy) is 1. The van der Waals surface area contributed by atoms with Crippen LogP contribution in [0, 0.1) is 0 Å². The van der Waals surface area contributed by atoms with E-state index in [0.717, 1.165) is 38.3 Å². The summed E-state index contributed by atoms with van der Waals surface area (Å²) in [6.45, 7) is 6.87. The van der Waals surface area contributed by atoms with Crippen LogP contribution in [0.3, 0.4) is 0 Å². The largest absolute Gasteiger partial charge is 0.497 e. The van der Waals surface area contributed by atoms with Crippen LogP contribution in [-0.2, 0) is 4.79 Å². The predicted octanol–water partition coefficient (Wildman–Crippen LogP) is 1.90. The van der Waals surface area contributed by atoms with Crippen LogP contribution in [0.4, 0.5) is 0 Å². The Morgan fingerprint density at radius 3 is 2.43 bits per heavy atom. The summed E-state index contributed by atoms with van der Waals surface area (Å²) in [5, 5.41) is 3.09. The highest BCUT2D eigenvalue weighted by Crippen LogP contribution is 2.24. The van der Waals surface area contributed by atoms with E-state index in [1.165, 1.54) is 5.56 Å². The second-order valence-electron chi connectivity index (χ2n) is 6.18. The third-order valence-electron chi connectivity index (χ3n) is 4.45. The van der Waals surface area contributed by atoms with Gasteiger partial charge in [0.15, 0.2) is 0 Å². The SMILES string of the molecule is CCCC(=O)NCC(c1ccc(OC)cc1)N1CCN(C)CC1. The number of rotatable bonds is 7. The number of amides is 1. The Hall–Kier alpha value is -1.59. The first-order chi connectivity index (χ1) is 11.1. The fraction of sp³-hybridized carbons (Fsp3) is 0.611. The van der Waals surface area contributed by atoms with Crippen molar-refractivity contribution < 1.29 is 9.53 Å². The average molecular weight is 319 g/mol. The van der Waals surface area contributed by atoms with Gasteiger partial charge in [0.25, 0.3) is 0 Å². The highest BCUT2D eigenvalue weighted by molar-refractivity contribution is 5.75. The molecule has 23 heavy (non-hydrogen) atoms. The van der Waals surface area contributed by atoms with Gasteiger partial charge in [-0.15, -0.1) is 0 Å². The minimum absolute atomic E-state index is 0.139. The van der Waals surface area contributed by atoms with Gasteiger partial charge in [-0.25, -0.2) is 0 Å². The zero-order valence-electron chi connectivity index (χ0n) is 14.5. The van der Waals surface area contributed by atoms with Gasteiger partial charge in [0.1, 0.15) is 5.75 Å². The molecular weight excluding hydrogens is 290 g/mol. The fourth-order valence-corrected chi connectivity index (χ4v) is 2.94. The molecule has 1 aliphatic rings. The van der Waals surface area contributed by atoms with Crippen LogP contribution in [-0.4, -0.2) is 62.6 Å². The molecule has 1 aliphatic heterocycles. The summed E-state index contributed by atoms with van der Waals surface area (Å²) >= 11 is 0. The minimum atomic E-state index is 0.139. The second-order valence-corrected chi connectivity index (χ2v) is 6.18. The number of hydrogen-bond acceptors (Lipinski definition) is 4. The monoisotopic (exact) mass is 319 g/mol. The van der Waals surface area contributed by atoms with Gasteiger partial charge < -0.3 is 15.0 Å². The van der Waals surface area contributed by atoms with Gasteiger partial charge in [-0.2, -0.15) is 0 Å². The lowest BCUT2D eigenvalue weighted by Gasteiger charge is -2.38. The average Bonchev–Trinajstić information content (AvgIpc) is 2.57. The minimum Gasteiger partial charge on any atom is -0.497 e.